The summed E-state index contributed by atoms with van der Waals surface area (Å²) >= 11 is 0. The van der Waals surface area contributed by atoms with E-state index in [-0.39, 0.29) is 11.6 Å². The maximum Gasteiger partial charge on any atom is 0.196 e. The summed E-state index contributed by atoms with van der Waals surface area (Å²) < 4.78 is 6.55. The Labute approximate surface area is 245 Å². The highest BCUT2D eigenvalue weighted by Crippen LogP contribution is 2.52. The number of hydrogen-bond acceptors (Lipinski definition) is 2. The molecular weight excluding hydrogens is 510 g/mol. The lowest BCUT2D eigenvalue weighted by Crippen LogP contribution is -2.15. The van der Waals surface area contributed by atoms with Crippen LogP contribution in [0.4, 0.5) is 5.69 Å². The van der Waals surface area contributed by atoms with Crippen molar-refractivity contribution < 1.29 is 4.74 Å². The van der Waals surface area contributed by atoms with Gasteiger partial charge in [0.15, 0.2) is 12.0 Å². The van der Waals surface area contributed by atoms with Gasteiger partial charge in [-0.15, -0.1) is 0 Å². The Morgan fingerprint density at radius 1 is 0.595 bits per heavy atom. The first kappa shape index (κ1) is 23.6. The van der Waals surface area contributed by atoms with E-state index in [0.29, 0.717) is 0 Å². The molecule has 200 valence electrons. The summed E-state index contributed by atoms with van der Waals surface area (Å²) in [6.07, 6.45) is -0.183. The second kappa shape index (κ2) is 8.47. The molecule has 2 nitrogen and oxygen atoms in total. The average Bonchev–Trinajstić information content (AvgIpc) is 3.58. The number of hydrogen-bond donors (Lipinski definition) is 1. The molecule has 2 heteroatoms. The second-order valence-corrected chi connectivity index (χ2v) is 12.2. The van der Waals surface area contributed by atoms with E-state index in [2.05, 4.69) is 140 Å². The van der Waals surface area contributed by atoms with Gasteiger partial charge < -0.3 is 10.1 Å². The number of fused-ring (bicyclic) bond motifs is 10. The van der Waals surface area contributed by atoms with Gasteiger partial charge in [0.1, 0.15) is 0 Å². The summed E-state index contributed by atoms with van der Waals surface area (Å²) in [7, 11) is 0. The van der Waals surface area contributed by atoms with Crippen LogP contribution < -0.4 is 10.1 Å². The first-order valence-electron chi connectivity index (χ1n) is 14.7. The molecule has 1 heterocycles. The predicted molar refractivity (Wildman–Crippen MR) is 175 cm³/mol. The van der Waals surface area contributed by atoms with Crippen LogP contribution in [0.2, 0.25) is 0 Å². The molecule has 2 aliphatic rings. The van der Waals surface area contributed by atoms with Gasteiger partial charge in [-0.05, 0) is 78.5 Å². The Kier molecular flexibility index (Phi) is 4.76. The number of anilines is 1. The van der Waals surface area contributed by atoms with E-state index in [4.69, 9.17) is 4.74 Å². The number of nitrogens with one attached hydrogen (secondary N) is 1. The lowest BCUT2D eigenvalue weighted by molar-refractivity contribution is 0.263. The minimum absolute atomic E-state index is 0.0576. The fourth-order valence-corrected chi connectivity index (χ4v) is 7.29. The molecule has 1 N–H and O–H groups in total. The molecule has 1 unspecified atom stereocenters. The summed E-state index contributed by atoms with van der Waals surface area (Å²) in [5.41, 5.74) is 10.1. The summed E-state index contributed by atoms with van der Waals surface area (Å²) in [6.45, 7) is 4.72. The Morgan fingerprint density at radius 2 is 1.33 bits per heavy atom. The van der Waals surface area contributed by atoms with Crippen LogP contribution in [-0.4, -0.2) is 0 Å². The fourth-order valence-electron chi connectivity index (χ4n) is 7.29. The molecule has 1 atom stereocenters. The third-order valence-corrected chi connectivity index (χ3v) is 9.48. The quantitative estimate of drug-likeness (QED) is 0.221. The zero-order valence-corrected chi connectivity index (χ0v) is 23.6. The minimum Gasteiger partial charge on any atom is -0.464 e. The van der Waals surface area contributed by atoms with Crippen LogP contribution >= 0.6 is 0 Å². The lowest BCUT2D eigenvalue weighted by Gasteiger charge is -2.22. The predicted octanol–water partition coefficient (Wildman–Crippen LogP) is 10.6. The third kappa shape index (κ3) is 3.27. The van der Waals surface area contributed by atoms with Crippen molar-refractivity contribution in [2.45, 2.75) is 25.5 Å². The van der Waals surface area contributed by atoms with Gasteiger partial charge in [0, 0.05) is 16.4 Å². The molecule has 0 amide bonds. The second-order valence-electron chi connectivity index (χ2n) is 12.2. The van der Waals surface area contributed by atoms with Gasteiger partial charge in [0.25, 0.3) is 0 Å². The summed E-state index contributed by atoms with van der Waals surface area (Å²) in [5.74, 6) is 0.934. The van der Waals surface area contributed by atoms with Gasteiger partial charge in [-0.2, -0.15) is 0 Å². The SMILES string of the molecule is CC1(C)c2cc(-c3ccc4c(ccc5ccc6c(c54)OC(c4ccccc4)N6)c3)ccc2-c2c1ccc1ccccc21. The van der Waals surface area contributed by atoms with E-state index in [1.807, 2.05) is 6.07 Å². The first-order chi connectivity index (χ1) is 20.6. The molecule has 0 aromatic heterocycles. The van der Waals surface area contributed by atoms with Crippen molar-refractivity contribution in [3.05, 3.63) is 144 Å². The van der Waals surface area contributed by atoms with E-state index in [1.165, 1.54) is 65.7 Å². The maximum atomic E-state index is 6.55. The van der Waals surface area contributed by atoms with Crippen molar-refractivity contribution in [1.82, 2.24) is 0 Å². The van der Waals surface area contributed by atoms with Gasteiger partial charge in [-0.3, -0.25) is 0 Å². The summed E-state index contributed by atoms with van der Waals surface area (Å²) in [5, 5.41) is 11.0. The third-order valence-electron chi connectivity index (χ3n) is 9.48. The zero-order valence-electron chi connectivity index (χ0n) is 23.6. The van der Waals surface area contributed by atoms with Crippen LogP contribution in [0.5, 0.6) is 5.75 Å². The Bertz CT molecular complexity index is 2230. The van der Waals surface area contributed by atoms with Gasteiger partial charge in [-0.25, -0.2) is 0 Å². The monoisotopic (exact) mass is 539 g/mol. The van der Waals surface area contributed by atoms with E-state index < -0.39 is 0 Å². The highest BCUT2D eigenvalue weighted by atomic mass is 16.5. The van der Waals surface area contributed by atoms with Crippen molar-refractivity contribution in [3.63, 3.8) is 0 Å². The Hall–Kier alpha value is -5.08. The van der Waals surface area contributed by atoms with Crippen LogP contribution in [0, 0.1) is 0 Å². The number of ether oxygens (including phenoxy) is 1. The molecule has 0 saturated carbocycles. The zero-order chi connectivity index (χ0) is 28.0. The minimum atomic E-state index is -0.183. The van der Waals surface area contributed by atoms with Crippen molar-refractivity contribution in [3.8, 4) is 28.0 Å². The van der Waals surface area contributed by atoms with Crippen molar-refractivity contribution in [1.29, 1.82) is 0 Å². The lowest BCUT2D eigenvalue weighted by atomic mass is 9.81. The molecule has 9 rings (SSSR count). The normalized spacial score (nSPS) is 16.2. The molecule has 0 spiro atoms. The Morgan fingerprint density at radius 3 is 2.24 bits per heavy atom. The van der Waals surface area contributed by atoms with Crippen molar-refractivity contribution >= 4 is 38.0 Å². The van der Waals surface area contributed by atoms with Crippen molar-refractivity contribution in [2.24, 2.45) is 0 Å². The fraction of sp³-hybridized carbons (Fsp3) is 0.100. The standard InChI is InChI=1S/C40H29NO/c1-40(2)33-20-16-24-8-6-7-11-30(24)37(33)32-19-15-28(23-34(32)40)27-14-18-31-29(22-27)13-12-25-17-21-35-38(36(25)31)42-39(41-35)26-9-4-3-5-10-26/h3-23,39,41H,1-2H3. The molecule has 0 radical (unpaired) electrons. The van der Waals surface area contributed by atoms with Crippen LogP contribution in [0.3, 0.4) is 0 Å². The molecule has 0 bridgehead atoms. The van der Waals surface area contributed by atoms with Crippen LogP contribution in [0.15, 0.2) is 127 Å². The molecular formula is C40H29NO. The van der Waals surface area contributed by atoms with E-state index in [9.17, 15) is 0 Å². The molecule has 1 aliphatic heterocycles. The largest absolute Gasteiger partial charge is 0.464 e. The highest BCUT2D eigenvalue weighted by molar-refractivity contribution is 6.13. The molecule has 0 saturated heterocycles. The Balaban J connectivity index is 1.16. The van der Waals surface area contributed by atoms with Crippen LogP contribution in [-0.2, 0) is 5.41 Å². The van der Waals surface area contributed by atoms with E-state index in [1.54, 1.807) is 0 Å². The molecule has 7 aromatic carbocycles. The van der Waals surface area contributed by atoms with Gasteiger partial charge >= 0.3 is 0 Å². The van der Waals surface area contributed by atoms with Gasteiger partial charge in [-0.1, -0.05) is 123 Å². The summed E-state index contributed by atoms with van der Waals surface area (Å²) in [4.78, 5) is 0. The van der Waals surface area contributed by atoms with Crippen LogP contribution in [0.1, 0.15) is 36.8 Å². The van der Waals surface area contributed by atoms with E-state index in [0.717, 1.165) is 17.0 Å². The number of benzene rings is 7. The maximum absolute atomic E-state index is 6.55. The first-order valence-corrected chi connectivity index (χ1v) is 14.7. The highest BCUT2D eigenvalue weighted by Gasteiger charge is 2.36. The number of rotatable bonds is 2. The van der Waals surface area contributed by atoms with E-state index >= 15 is 0 Å². The molecule has 7 aromatic rings. The topological polar surface area (TPSA) is 21.3 Å². The molecule has 1 aliphatic carbocycles. The molecule has 0 fully saturated rings. The van der Waals surface area contributed by atoms with Crippen LogP contribution in [0.25, 0.3) is 54.6 Å². The molecule has 42 heavy (non-hydrogen) atoms. The van der Waals surface area contributed by atoms with Gasteiger partial charge in [0.05, 0.1) is 5.69 Å². The van der Waals surface area contributed by atoms with Gasteiger partial charge in [0.2, 0.25) is 0 Å². The van der Waals surface area contributed by atoms with Crippen molar-refractivity contribution in [2.75, 3.05) is 5.32 Å². The smallest absolute Gasteiger partial charge is 0.196 e. The summed E-state index contributed by atoms with van der Waals surface area (Å²) in [6, 6.07) is 46.4. The average molecular weight is 540 g/mol.